The van der Waals surface area contributed by atoms with Crippen LogP contribution in [0.1, 0.15) is 57.2 Å². The predicted octanol–water partition coefficient (Wildman–Crippen LogP) is 7.50. The lowest BCUT2D eigenvalue weighted by Gasteiger charge is -2.19. The smallest absolute Gasteiger partial charge is 0.0108 e. The van der Waals surface area contributed by atoms with Crippen molar-refractivity contribution < 1.29 is 0 Å². The Bertz CT molecular complexity index is 823. The maximum Gasteiger partial charge on any atom is -0.0108 e. The Morgan fingerprint density at radius 3 is 2.19 bits per heavy atom. The molecule has 0 aromatic heterocycles. The van der Waals surface area contributed by atoms with Crippen molar-refractivity contribution in [1.82, 2.24) is 0 Å². The van der Waals surface area contributed by atoms with Crippen LogP contribution in [0.15, 0.2) is 72.3 Å². The minimum absolute atomic E-state index is 0.186. The molecule has 0 nitrogen and oxygen atoms in total. The first kappa shape index (κ1) is 18.5. The van der Waals surface area contributed by atoms with E-state index in [1.807, 2.05) is 0 Å². The van der Waals surface area contributed by atoms with Gasteiger partial charge in [0.05, 0.1) is 0 Å². The number of unbranched alkanes of at least 4 members (excludes halogenated alkanes) is 1. The van der Waals surface area contributed by atoms with Crippen LogP contribution in [-0.4, -0.2) is 0 Å². The third-order valence-electron chi connectivity index (χ3n) is 5.01. The lowest BCUT2D eigenvalue weighted by atomic mass is 9.85. The first-order valence-electron chi connectivity index (χ1n) is 9.77. The number of hydrogen-bond acceptors (Lipinski definition) is 0. The Kier molecular flexibility index (Phi) is 5.61. The third kappa shape index (κ3) is 4.43. The molecule has 3 rings (SSSR count). The summed E-state index contributed by atoms with van der Waals surface area (Å²) in [7, 11) is 0. The molecule has 134 valence electrons. The van der Waals surface area contributed by atoms with Crippen LogP contribution in [0.3, 0.4) is 0 Å². The molecule has 0 amide bonds. The highest BCUT2D eigenvalue weighted by Crippen LogP contribution is 2.31. The number of aryl methyl sites for hydroxylation is 1. The first-order chi connectivity index (χ1) is 12.5. The molecule has 0 N–H and O–H groups in total. The van der Waals surface area contributed by atoms with Crippen LogP contribution in [0.2, 0.25) is 0 Å². The van der Waals surface area contributed by atoms with E-state index in [1.165, 1.54) is 46.2 Å². The number of rotatable bonds is 5. The van der Waals surface area contributed by atoms with Crippen LogP contribution >= 0.6 is 0 Å². The fourth-order valence-electron chi connectivity index (χ4n) is 3.33. The fourth-order valence-corrected chi connectivity index (χ4v) is 3.33. The Balaban J connectivity index is 2.02. The Morgan fingerprint density at radius 1 is 0.885 bits per heavy atom. The van der Waals surface area contributed by atoms with Gasteiger partial charge in [-0.15, -0.1) is 0 Å². The molecule has 0 heteroatoms. The van der Waals surface area contributed by atoms with Crippen LogP contribution in [0.5, 0.6) is 0 Å². The van der Waals surface area contributed by atoms with E-state index < -0.39 is 0 Å². The van der Waals surface area contributed by atoms with Crippen LogP contribution < -0.4 is 0 Å². The highest BCUT2D eigenvalue weighted by molar-refractivity contribution is 5.78. The zero-order chi connectivity index (χ0) is 18.6. The van der Waals surface area contributed by atoms with Gasteiger partial charge < -0.3 is 0 Å². The van der Waals surface area contributed by atoms with Crippen LogP contribution in [-0.2, 0) is 11.8 Å². The molecule has 0 heterocycles. The molecule has 0 bridgehead atoms. The summed E-state index contributed by atoms with van der Waals surface area (Å²) in [4.78, 5) is 0. The van der Waals surface area contributed by atoms with Crippen molar-refractivity contribution >= 4 is 6.08 Å². The Labute approximate surface area is 159 Å². The molecule has 0 unspecified atom stereocenters. The quantitative estimate of drug-likeness (QED) is 0.527. The summed E-state index contributed by atoms with van der Waals surface area (Å²) in [6.07, 6.45) is 14.4. The molecular weight excluding hydrogens is 312 g/mol. The minimum atomic E-state index is 0.186. The van der Waals surface area contributed by atoms with Gasteiger partial charge in [0.2, 0.25) is 0 Å². The maximum absolute atomic E-state index is 2.39. The predicted molar refractivity (Wildman–Crippen MR) is 115 cm³/mol. The SMILES string of the molecule is CCCCc1ccc(C=C2C=CC=C2)c(-c2ccc(C(C)(C)C)cc2)c1. The molecule has 0 saturated carbocycles. The summed E-state index contributed by atoms with van der Waals surface area (Å²) in [5.74, 6) is 0. The molecule has 1 aliphatic carbocycles. The van der Waals surface area contributed by atoms with Gasteiger partial charge in [-0.25, -0.2) is 0 Å². The lowest BCUT2D eigenvalue weighted by Crippen LogP contribution is -2.10. The van der Waals surface area contributed by atoms with Crippen molar-refractivity contribution in [3.63, 3.8) is 0 Å². The Hall–Kier alpha value is -2.34. The average Bonchev–Trinajstić information content (AvgIpc) is 3.13. The van der Waals surface area contributed by atoms with E-state index in [4.69, 9.17) is 0 Å². The number of benzene rings is 2. The Morgan fingerprint density at radius 2 is 1.58 bits per heavy atom. The molecule has 0 radical (unpaired) electrons. The van der Waals surface area contributed by atoms with Crippen molar-refractivity contribution in [2.45, 2.75) is 52.4 Å². The van der Waals surface area contributed by atoms with Gasteiger partial charge in [-0.1, -0.05) is 101 Å². The molecule has 0 fully saturated rings. The molecule has 2 aromatic rings. The fraction of sp³-hybridized carbons (Fsp3) is 0.308. The lowest BCUT2D eigenvalue weighted by molar-refractivity contribution is 0.590. The zero-order valence-electron chi connectivity index (χ0n) is 16.5. The molecule has 0 aliphatic heterocycles. The summed E-state index contributed by atoms with van der Waals surface area (Å²) in [5, 5.41) is 0. The van der Waals surface area contributed by atoms with E-state index in [0.717, 1.165) is 6.42 Å². The normalized spacial score (nSPS) is 13.5. The molecule has 0 spiro atoms. The molecule has 1 aliphatic rings. The largest absolute Gasteiger partial charge is 0.0654 e. The van der Waals surface area contributed by atoms with Crippen molar-refractivity contribution in [2.24, 2.45) is 0 Å². The van der Waals surface area contributed by atoms with E-state index in [1.54, 1.807) is 0 Å². The average molecular weight is 343 g/mol. The van der Waals surface area contributed by atoms with Crippen molar-refractivity contribution in [1.29, 1.82) is 0 Å². The highest BCUT2D eigenvalue weighted by Gasteiger charge is 2.14. The monoisotopic (exact) mass is 342 g/mol. The van der Waals surface area contributed by atoms with Crippen molar-refractivity contribution in [3.8, 4) is 11.1 Å². The van der Waals surface area contributed by atoms with E-state index >= 15 is 0 Å². The van der Waals surface area contributed by atoms with Gasteiger partial charge in [0, 0.05) is 0 Å². The molecule has 0 saturated heterocycles. The van der Waals surface area contributed by atoms with Crippen LogP contribution in [0.25, 0.3) is 17.2 Å². The first-order valence-corrected chi connectivity index (χ1v) is 9.77. The van der Waals surface area contributed by atoms with E-state index in [0.29, 0.717) is 0 Å². The summed E-state index contributed by atoms with van der Waals surface area (Å²) in [6.45, 7) is 9.05. The second-order valence-corrected chi connectivity index (χ2v) is 8.22. The summed E-state index contributed by atoms with van der Waals surface area (Å²) in [5.41, 5.74) is 8.19. The summed E-state index contributed by atoms with van der Waals surface area (Å²) < 4.78 is 0. The van der Waals surface area contributed by atoms with E-state index in [-0.39, 0.29) is 5.41 Å². The number of hydrogen-bond donors (Lipinski definition) is 0. The molecule has 0 atom stereocenters. The minimum Gasteiger partial charge on any atom is -0.0654 e. The van der Waals surface area contributed by atoms with Gasteiger partial charge in [-0.2, -0.15) is 0 Å². The number of allylic oxidation sites excluding steroid dienone is 5. The highest BCUT2D eigenvalue weighted by atomic mass is 14.2. The third-order valence-corrected chi connectivity index (χ3v) is 5.01. The van der Waals surface area contributed by atoms with Gasteiger partial charge in [0.25, 0.3) is 0 Å². The van der Waals surface area contributed by atoms with Crippen molar-refractivity contribution in [3.05, 3.63) is 89.0 Å². The molecule has 26 heavy (non-hydrogen) atoms. The molecule has 2 aromatic carbocycles. The zero-order valence-corrected chi connectivity index (χ0v) is 16.5. The van der Waals surface area contributed by atoms with E-state index in [2.05, 4.69) is 101 Å². The summed E-state index contributed by atoms with van der Waals surface area (Å²) in [6, 6.07) is 16.1. The van der Waals surface area contributed by atoms with E-state index in [9.17, 15) is 0 Å². The topological polar surface area (TPSA) is 0 Å². The van der Waals surface area contributed by atoms with Crippen molar-refractivity contribution in [2.75, 3.05) is 0 Å². The molecular formula is C26H30. The summed E-state index contributed by atoms with van der Waals surface area (Å²) >= 11 is 0. The van der Waals surface area contributed by atoms with Gasteiger partial charge >= 0.3 is 0 Å². The van der Waals surface area contributed by atoms with Crippen LogP contribution in [0.4, 0.5) is 0 Å². The van der Waals surface area contributed by atoms with Gasteiger partial charge in [0.1, 0.15) is 0 Å². The van der Waals surface area contributed by atoms with Gasteiger partial charge in [-0.05, 0) is 57.7 Å². The van der Waals surface area contributed by atoms with Gasteiger partial charge in [0.15, 0.2) is 0 Å². The maximum atomic E-state index is 2.39. The van der Waals surface area contributed by atoms with Crippen LogP contribution in [0, 0.1) is 0 Å². The standard InChI is InChI=1S/C26H30/c1-5-6-9-21-12-13-23(18-20-10-7-8-11-20)25(19-21)22-14-16-24(17-15-22)26(2,3)4/h7-8,10-19H,5-6,9H2,1-4H3. The van der Waals surface area contributed by atoms with Gasteiger partial charge in [-0.3, -0.25) is 0 Å². The second kappa shape index (κ2) is 7.91. The second-order valence-electron chi connectivity index (χ2n) is 8.22.